The first-order chi connectivity index (χ1) is 9.63. The molecule has 106 valence electrons. The molecule has 0 saturated heterocycles. The lowest BCUT2D eigenvalue weighted by atomic mass is 10.1. The van der Waals surface area contributed by atoms with Crippen LogP contribution in [0.2, 0.25) is 0 Å². The average molecular weight is 277 g/mol. The lowest BCUT2D eigenvalue weighted by Gasteiger charge is -2.19. The number of nitrogens with zero attached hydrogens (tertiary/aromatic N) is 2. The highest BCUT2D eigenvalue weighted by molar-refractivity contribution is 5.78. The molecule has 2 aromatic rings. The van der Waals surface area contributed by atoms with Crippen LogP contribution in [0.1, 0.15) is 17.4 Å². The van der Waals surface area contributed by atoms with E-state index in [1.165, 1.54) is 13.2 Å². The second kappa shape index (κ2) is 6.29. The maximum Gasteiger partial charge on any atom is 0.246 e. The van der Waals surface area contributed by atoms with E-state index in [2.05, 4.69) is 10.3 Å². The molecule has 1 aromatic carbocycles. The van der Waals surface area contributed by atoms with Crippen molar-refractivity contribution < 1.29 is 13.9 Å². The number of methoxy groups -OCH3 is 1. The van der Waals surface area contributed by atoms with Gasteiger partial charge in [-0.25, -0.2) is 9.37 Å². The lowest BCUT2D eigenvalue weighted by Crippen LogP contribution is -2.34. The topological polar surface area (TPSA) is 56.1 Å². The number of halogens is 1. The summed E-state index contributed by atoms with van der Waals surface area (Å²) in [4.78, 5) is 15.9. The number of carbonyl (C=O) groups is 1. The summed E-state index contributed by atoms with van der Waals surface area (Å²) in [5.41, 5.74) is 0.367. The molecule has 1 heterocycles. The lowest BCUT2D eigenvalue weighted by molar-refractivity contribution is -0.125. The maximum absolute atomic E-state index is 14.0. The monoisotopic (exact) mass is 277 g/mol. The van der Waals surface area contributed by atoms with Crippen LogP contribution in [0.25, 0.3) is 0 Å². The molecule has 0 aliphatic rings. The Morgan fingerprint density at radius 2 is 2.25 bits per heavy atom. The molecule has 0 aliphatic heterocycles. The minimum atomic E-state index is -0.654. The van der Waals surface area contributed by atoms with Crippen molar-refractivity contribution in [2.45, 2.75) is 6.04 Å². The zero-order chi connectivity index (χ0) is 14.5. The number of hydrogen-bond donors (Lipinski definition) is 1. The Hall–Kier alpha value is -2.21. The summed E-state index contributed by atoms with van der Waals surface area (Å²) >= 11 is 0. The van der Waals surface area contributed by atoms with E-state index in [-0.39, 0.29) is 12.5 Å². The normalized spacial score (nSPS) is 12.2. The molecule has 0 saturated carbocycles. The van der Waals surface area contributed by atoms with Crippen LogP contribution in [0.4, 0.5) is 4.39 Å². The molecular weight excluding hydrogens is 261 g/mol. The first-order valence-electron chi connectivity index (χ1n) is 6.13. The van der Waals surface area contributed by atoms with E-state index in [4.69, 9.17) is 4.74 Å². The van der Waals surface area contributed by atoms with Gasteiger partial charge in [0, 0.05) is 32.1 Å². The fraction of sp³-hybridized carbons (Fsp3) is 0.286. The number of imidazole rings is 1. The van der Waals surface area contributed by atoms with Crippen molar-refractivity contribution in [3.63, 3.8) is 0 Å². The predicted octanol–water partition coefficient (Wildman–Crippen LogP) is 1.41. The van der Waals surface area contributed by atoms with Gasteiger partial charge >= 0.3 is 0 Å². The van der Waals surface area contributed by atoms with Crippen molar-refractivity contribution in [2.24, 2.45) is 7.05 Å². The van der Waals surface area contributed by atoms with Crippen molar-refractivity contribution in [2.75, 3.05) is 13.7 Å². The third-order valence-corrected chi connectivity index (χ3v) is 2.91. The molecule has 6 heteroatoms. The zero-order valence-electron chi connectivity index (χ0n) is 11.3. The molecule has 1 N–H and O–H groups in total. The number of nitrogens with one attached hydrogen (secondary N) is 1. The predicted molar refractivity (Wildman–Crippen MR) is 71.5 cm³/mol. The van der Waals surface area contributed by atoms with Crippen LogP contribution in [-0.2, 0) is 16.6 Å². The maximum atomic E-state index is 14.0. The average Bonchev–Trinajstić information content (AvgIpc) is 2.83. The van der Waals surface area contributed by atoms with Crippen molar-refractivity contribution >= 4 is 5.91 Å². The second-order valence-electron chi connectivity index (χ2n) is 4.35. The molecule has 0 unspecified atom stereocenters. The fourth-order valence-electron chi connectivity index (χ4n) is 1.98. The van der Waals surface area contributed by atoms with Crippen LogP contribution in [0.3, 0.4) is 0 Å². The number of aryl methyl sites for hydroxylation is 1. The van der Waals surface area contributed by atoms with Crippen molar-refractivity contribution in [1.29, 1.82) is 0 Å². The van der Waals surface area contributed by atoms with Crippen molar-refractivity contribution in [3.05, 3.63) is 53.9 Å². The molecule has 2 rings (SSSR count). The van der Waals surface area contributed by atoms with Gasteiger partial charge in [0.15, 0.2) is 0 Å². The minimum absolute atomic E-state index is 0.0879. The summed E-state index contributed by atoms with van der Waals surface area (Å²) in [7, 11) is 3.22. The van der Waals surface area contributed by atoms with E-state index in [1.54, 1.807) is 42.2 Å². The van der Waals surface area contributed by atoms with Gasteiger partial charge in [0.25, 0.3) is 0 Å². The highest BCUT2D eigenvalue weighted by Crippen LogP contribution is 2.22. The van der Waals surface area contributed by atoms with Gasteiger partial charge in [-0.3, -0.25) is 4.79 Å². The number of benzene rings is 1. The third kappa shape index (κ3) is 3.03. The Bertz CT molecular complexity index is 598. The van der Waals surface area contributed by atoms with Gasteiger partial charge in [0.2, 0.25) is 5.91 Å². The van der Waals surface area contributed by atoms with Crippen LogP contribution in [0.5, 0.6) is 0 Å². The summed E-state index contributed by atoms with van der Waals surface area (Å²) in [6.45, 7) is -0.0879. The van der Waals surface area contributed by atoms with Crippen molar-refractivity contribution in [1.82, 2.24) is 14.9 Å². The first kappa shape index (κ1) is 14.2. The van der Waals surface area contributed by atoms with Crippen molar-refractivity contribution in [3.8, 4) is 0 Å². The molecule has 1 aromatic heterocycles. The standard InChI is InChI=1S/C14H16FN3O2/c1-18-8-7-16-14(18)13(17-12(19)9-20-2)10-5-3-4-6-11(10)15/h3-8,13H,9H2,1-2H3,(H,17,19)/t13-/m1/s1. The van der Waals surface area contributed by atoms with Crippen LogP contribution >= 0.6 is 0 Å². The Labute approximate surface area is 116 Å². The van der Waals surface area contributed by atoms with E-state index < -0.39 is 11.9 Å². The number of aromatic nitrogens is 2. The highest BCUT2D eigenvalue weighted by Gasteiger charge is 2.23. The van der Waals surface area contributed by atoms with Crippen LogP contribution in [0, 0.1) is 5.82 Å². The number of amides is 1. The Kier molecular flexibility index (Phi) is 4.47. The van der Waals surface area contributed by atoms with Gasteiger partial charge in [-0.1, -0.05) is 18.2 Å². The summed E-state index contributed by atoms with van der Waals surface area (Å²) in [5.74, 6) is -0.165. The Morgan fingerprint density at radius 1 is 1.50 bits per heavy atom. The molecule has 0 aliphatic carbocycles. The summed E-state index contributed by atoms with van der Waals surface area (Å²) in [5, 5.41) is 2.73. The molecule has 0 radical (unpaired) electrons. The van der Waals surface area contributed by atoms with Gasteiger partial charge in [0.05, 0.1) is 0 Å². The number of rotatable bonds is 5. The van der Waals surface area contributed by atoms with E-state index in [0.29, 0.717) is 11.4 Å². The smallest absolute Gasteiger partial charge is 0.246 e. The SMILES string of the molecule is COCC(=O)N[C@H](c1ccccc1F)c1nccn1C. The second-order valence-corrected chi connectivity index (χ2v) is 4.35. The third-order valence-electron chi connectivity index (χ3n) is 2.91. The van der Waals surface area contributed by atoms with Gasteiger partial charge in [-0.15, -0.1) is 0 Å². The first-order valence-corrected chi connectivity index (χ1v) is 6.13. The summed E-state index contributed by atoms with van der Waals surface area (Å²) in [6.07, 6.45) is 3.34. The molecule has 5 nitrogen and oxygen atoms in total. The Balaban J connectivity index is 2.37. The van der Waals surface area contributed by atoms with Gasteiger partial charge in [-0.2, -0.15) is 0 Å². The van der Waals surface area contributed by atoms with Crippen LogP contribution in [0.15, 0.2) is 36.7 Å². The summed E-state index contributed by atoms with van der Waals surface area (Å²) in [6, 6.07) is 5.65. The number of ether oxygens (including phenoxy) is 1. The highest BCUT2D eigenvalue weighted by atomic mass is 19.1. The van der Waals surface area contributed by atoms with E-state index in [0.717, 1.165) is 0 Å². The minimum Gasteiger partial charge on any atom is -0.375 e. The fourth-order valence-corrected chi connectivity index (χ4v) is 1.98. The van der Waals surface area contributed by atoms with Crippen LogP contribution in [-0.4, -0.2) is 29.2 Å². The molecular formula is C14H16FN3O2. The quantitative estimate of drug-likeness (QED) is 0.899. The molecule has 0 fully saturated rings. The molecule has 1 atom stereocenters. The van der Waals surface area contributed by atoms with Crippen LogP contribution < -0.4 is 5.32 Å². The largest absolute Gasteiger partial charge is 0.375 e. The van der Waals surface area contributed by atoms with Gasteiger partial charge < -0.3 is 14.6 Å². The zero-order valence-corrected chi connectivity index (χ0v) is 11.3. The Morgan fingerprint density at radius 3 is 2.85 bits per heavy atom. The summed E-state index contributed by atoms with van der Waals surface area (Å²) < 4.78 is 20.5. The molecule has 20 heavy (non-hydrogen) atoms. The van der Waals surface area contributed by atoms with E-state index >= 15 is 0 Å². The van der Waals surface area contributed by atoms with Gasteiger partial charge in [-0.05, 0) is 6.07 Å². The molecule has 0 bridgehead atoms. The van der Waals surface area contributed by atoms with E-state index in [1.807, 2.05) is 0 Å². The number of hydrogen-bond acceptors (Lipinski definition) is 3. The van der Waals surface area contributed by atoms with E-state index in [9.17, 15) is 9.18 Å². The number of carbonyl (C=O) groups excluding carboxylic acids is 1. The molecule has 1 amide bonds. The molecule has 0 spiro atoms. The van der Waals surface area contributed by atoms with Gasteiger partial charge in [0.1, 0.15) is 24.3 Å².